The zero-order valence-electron chi connectivity index (χ0n) is 19.0. The van der Waals surface area contributed by atoms with Crippen LogP contribution in [0.1, 0.15) is 27.6 Å². The summed E-state index contributed by atoms with van der Waals surface area (Å²) in [5.41, 5.74) is 3.21. The van der Waals surface area contributed by atoms with Crippen LogP contribution in [0, 0.1) is 6.92 Å². The lowest BCUT2D eigenvalue weighted by molar-refractivity contribution is 0.0783. The van der Waals surface area contributed by atoms with Crippen LogP contribution in [0.4, 0.5) is 0 Å². The van der Waals surface area contributed by atoms with E-state index in [9.17, 15) is 4.79 Å². The number of para-hydroxylation sites is 2. The summed E-state index contributed by atoms with van der Waals surface area (Å²) in [6.45, 7) is 2.69. The topological polar surface area (TPSA) is 78.3 Å². The molecule has 2 heterocycles. The minimum absolute atomic E-state index is 0.140. The van der Waals surface area contributed by atoms with Gasteiger partial charge in [-0.2, -0.15) is 0 Å². The first-order chi connectivity index (χ1) is 16.7. The van der Waals surface area contributed by atoms with Gasteiger partial charge in [0, 0.05) is 6.42 Å². The highest BCUT2D eigenvalue weighted by atomic mass is 16.6. The molecule has 172 valence electrons. The van der Waals surface area contributed by atoms with Crippen molar-refractivity contribution in [2.45, 2.75) is 25.9 Å². The summed E-state index contributed by atoms with van der Waals surface area (Å²) in [5, 5.41) is 7.45. The molecule has 0 bridgehead atoms. The quantitative estimate of drug-likeness (QED) is 0.458. The molecule has 0 saturated carbocycles. The molecule has 0 spiro atoms. The molecule has 0 saturated heterocycles. The third-order valence-electron chi connectivity index (χ3n) is 5.66. The van der Waals surface area contributed by atoms with E-state index in [1.54, 1.807) is 4.68 Å². The number of benzene rings is 3. The number of nitrogens with zero attached hydrogens (tertiary/aromatic N) is 3. The standard InChI is InChI=1S/C27H26N4O3/c1-19-8-7-11-21(16-19)31-25(15-14-20-9-3-2-4-10-20)29-26(30-31)27(32)28-17-22-18-33-23-12-5-6-13-24(23)34-22/h2-13,16,22H,14-15,17-18H2,1H3,(H,28,32)/t22-/m0/s1. The summed E-state index contributed by atoms with van der Waals surface area (Å²) >= 11 is 0. The molecular weight excluding hydrogens is 428 g/mol. The van der Waals surface area contributed by atoms with Crippen molar-refractivity contribution in [1.29, 1.82) is 0 Å². The monoisotopic (exact) mass is 454 g/mol. The van der Waals surface area contributed by atoms with Crippen molar-refractivity contribution in [3.63, 3.8) is 0 Å². The van der Waals surface area contributed by atoms with E-state index in [-0.39, 0.29) is 17.8 Å². The Kier molecular flexibility index (Phi) is 6.25. The largest absolute Gasteiger partial charge is 0.486 e. The lowest BCUT2D eigenvalue weighted by Gasteiger charge is -2.26. The van der Waals surface area contributed by atoms with Gasteiger partial charge in [-0.15, -0.1) is 5.10 Å². The SMILES string of the molecule is Cc1cccc(-n2nc(C(=O)NC[C@H]3COc4ccccc4O3)nc2CCc2ccccc2)c1. The average Bonchev–Trinajstić information content (AvgIpc) is 3.31. The Morgan fingerprint density at radius 1 is 1.00 bits per heavy atom. The first-order valence-electron chi connectivity index (χ1n) is 11.4. The van der Waals surface area contributed by atoms with Gasteiger partial charge in [-0.05, 0) is 48.7 Å². The fourth-order valence-electron chi connectivity index (χ4n) is 3.92. The number of hydrogen-bond acceptors (Lipinski definition) is 5. The van der Waals surface area contributed by atoms with E-state index in [1.165, 1.54) is 5.56 Å². The van der Waals surface area contributed by atoms with Gasteiger partial charge < -0.3 is 14.8 Å². The third-order valence-corrected chi connectivity index (χ3v) is 5.66. The Balaban J connectivity index is 1.31. The van der Waals surface area contributed by atoms with E-state index in [4.69, 9.17) is 9.47 Å². The van der Waals surface area contributed by atoms with Gasteiger partial charge in [0.2, 0.25) is 5.82 Å². The second-order valence-electron chi connectivity index (χ2n) is 8.30. The number of aromatic nitrogens is 3. The Morgan fingerprint density at radius 2 is 1.79 bits per heavy atom. The first-order valence-corrected chi connectivity index (χ1v) is 11.4. The number of carbonyl (C=O) groups excluding carboxylic acids is 1. The predicted molar refractivity (Wildman–Crippen MR) is 129 cm³/mol. The molecule has 7 heteroatoms. The summed E-state index contributed by atoms with van der Waals surface area (Å²) in [7, 11) is 0. The van der Waals surface area contributed by atoms with E-state index >= 15 is 0 Å². The van der Waals surface area contributed by atoms with Gasteiger partial charge in [0.25, 0.3) is 5.91 Å². The molecule has 4 aromatic rings. The zero-order valence-corrected chi connectivity index (χ0v) is 19.0. The number of amides is 1. The van der Waals surface area contributed by atoms with Crippen molar-refractivity contribution < 1.29 is 14.3 Å². The van der Waals surface area contributed by atoms with Gasteiger partial charge in [0.1, 0.15) is 18.5 Å². The van der Waals surface area contributed by atoms with Gasteiger partial charge in [0.05, 0.1) is 12.2 Å². The summed E-state index contributed by atoms with van der Waals surface area (Å²) in [4.78, 5) is 17.5. The average molecular weight is 455 g/mol. The van der Waals surface area contributed by atoms with Crippen LogP contribution in [0.2, 0.25) is 0 Å². The molecule has 1 aliphatic heterocycles. The van der Waals surface area contributed by atoms with Gasteiger partial charge >= 0.3 is 0 Å². The van der Waals surface area contributed by atoms with E-state index in [2.05, 4.69) is 27.5 Å². The molecule has 0 unspecified atom stereocenters. The van der Waals surface area contributed by atoms with Crippen LogP contribution in [0.3, 0.4) is 0 Å². The summed E-state index contributed by atoms with van der Waals surface area (Å²) in [6.07, 6.45) is 1.18. The summed E-state index contributed by atoms with van der Waals surface area (Å²) in [6, 6.07) is 25.7. The number of ether oxygens (including phenoxy) is 2. The Morgan fingerprint density at radius 3 is 2.62 bits per heavy atom. The molecule has 1 aromatic heterocycles. The minimum Gasteiger partial charge on any atom is -0.486 e. The number of carbonyl (C=O) groups is 1. The van der Waals surface area contributed by atoms with Crippen LogP contribution in [-0.2, 0) is 12.8 Å². The van der Waals surface area contributed by atoms with Crippen molar-refractivity contribution in [2.75, 3.05) is 13.2 Å². The van der Waals surface area contributed by atoms with Crippen molar-refractivity contribution in [1.82, 2.24) is 20.1 Å². The molecule has 0 fully saturated rings. The lowest BCUT2D eigenvalue weighted by Crippen LogP contribution is -2.41. The molecular formula is C27H26N4O3. The summed E-state index contributed by atoms with van der Waals surface area (Å²) < 4.78 is 13.4. The zero-order chi connectivity index (χ0) is 23.3. The summed E-state index contributed by atoms with van der Waals surface area (Å²) in [5.74, 6) is 1.94. The molecule has 1 atom stereocenters. The maximum Gasteiger partial charge on any atom is 0.291 e. The normalized spacial score (nSPS) is 14.6. The van der Waals surface area contributed by atoms with Gasteiger partial charge in [-0.1, -0.05) is 54.6 Å². The highest BCUT2D eigenvalue weighted by Gasteiger charge is 2.23. The second-order valence-corrected chi connectivity index (χ2v) is 8.30. The molecule has 34 heavy (non-hydrogen) atoms. The van der Waals surface area contributed by atoms with E-state index in [0.29, 0.717) is 31.1 Å². The predicted octanol–water partition coefficient (Wildman–Crippen LogP) is 3.93. The van der Waals surface area contributed by atoms with Gasteiger partial charge in [0.15, 0.2) is 11.5 Å². The Bertz CT molecular complexity index is 1290. The Labute approximate surface area is 198 Å². The molecule has 5 rings (SSSR count). The minimum atomic E-state index is -0.338. The van der Waals surface area contributed by atoms with E-state index in [0.717, 1.165) is 23.5 Å². The van der Waals surface area contributed by atoms with Gasteiger partial charge in [-0.25, -0.2) is 9.67 Å². The van der Waals surface area contributed by atoms with Crippen molar-refractivity contribution in [3.8, 4) is 17.2 Å². The number of hydrogen-bond donors (Lipinski definition) is 1. The van der Waals surface area contributed by atoms with E-state index in [1.807, 2.05) is 73.7 Å². The van der Waals surface area contributed by atoms with Crippen LogP contribution < -0.4 is 14.8 Å². The van der Waals surface area contributed by atoms with Crippen LogP contribution in [-0.4, -0.2) is 39.9 Å². The van der Waals surface area contributed by atoms with Crippen LogP contribution in [0.25, 0.3) is 5.69 Å². The molecule has 3 aromatic carbocycles. The number of rotatable bonds is 7. The maximum absolute atomic E-state index is 12.9. The number of nitrogens with one attached hydrogen (secondary N) is 1. The van der Waals surface area contributed by atoms with Crippen molar-refractivity contribution in [3.05, 3.63) is 102 Å². The van der Waals surface area contributed by atoms with Gasteiger partial charge in [-0.3, -0.25) is 4.79 Å². The molecule has 1 N–H and O–H groups in total. The third kappa shape index (κ3) is 4.93. The number of fused-ring (bicyclic) bond motifs is 1. The molecule has 0 radical (unpaired) electrons. The van der Waals surface area contributed by atoms with Crippen LogP contribution in [0.5, 0.6) is 11.5 Å². The highest BCUT2D eigenvalue weighted by molar-refractivity contribution is 5.90. The second kappa shape index (κ2) is 9.79. The number of aryl methyl sites for hydroxylation is 3. The van der Waals surface area contributed by atoms with Crippen LogP contribution >= 0.6 is 0 Å². The van der Waals surface area contributed by atoms with Crippen molar-refractivity contribution >= 4 is 5.91 Å². The lowest BCUT2D eigenvalue weighted by atomic mass is 10.1. The maximum atomic E-state index is 12.9. The van der Waals surface area contributed by atoms with E-state index < -0.39 is 0 Å². The Hall–Kier alpha value is -4.13. The van der Waals surface area contributed by atoms with Crippen LogP contribution in [0.15, 0.2) is 78.9 Å². The molecule has 1 amide bonds. The smallest absolute Gasteiger partial charge is 0.291 e. The van der Waals surface area contributed by atoms with Crippen molar-refractivity contribution in [2.24, 2.45) is 0 Å². The highest BCUT2D eigenvalue weighted by Crippen LogP contribution is 2.30. The molecule has 7 nitrogen and oxygen atoms in total. The molecule has 1 aliphatic rings. The molecule has 0 aliphatic carbocycles. The first kappa shape index (κ1) is 21.7. The fourth-order valence-corrected chi connectivity index (χ4v) is 3.92. The fraction of sp³-hybridized carbons (Fsp3) is 0.222.